The molecule has 0 aromatic carbocycles. The smallest absolute Gasteiger partial charge is 0.308 e. The molecule has 2 unspecified atom stereocenters. The number of rotatable bonds is 38. The number of aldehydes is 1. The van der Waals surface area contributed by atoms with Crippen molar-refractivity contribution in [3.63, 3.8) is 0 Å². The highest BCUT2D eigenvalue weighted by Crippen LogP contribution is 2.35. The molecule has 0 saturated heterocycles. The Bertz CT molecular complexity index is 857. The van der Waals surface area contributed by atoms with Crippen LogP contribution in [-0.4, -0.2) is 78.4 Å². The van der Waals surface area contributed by atoms with Gasteiger partial charge in [-0.05, 0) is 89.3 Å². The van der Waals surface area contributed by atoms with Crippen LogP contribution in [0.2, 0.25) is 0 Å². The lowest BCUT2D eigenvalue weighted by atomic mass is 9.78. The van der Waals surface area contributed by atoms with E-state index >= 15 is 0 Å². The summed E-state index contributed by atoms with van der Waals surface area (Å²) >= 11 is 0. The SMILES string of the molecule is CCCCCCCCC(C=O)CC1CCC1.CCCCCCCCC(CC1CCC1)C(=O)OCCCCCCN(CCCCCCOC)CCCC(O)(O)O. The normalized spacial score (nSPS) is 15.9. The predicted molar refractivity (Wildman–Crippen MR) is 228 cm³/mol. The number of carbonyl (C=O) groups is 2. The van der Waals surface area contributed by atoms with E-state index in [1.807, 2.05) is 0 Å². The number of nitrogens with zero attached hydrogens (tertiary/aromatic N) is 1. The fourth-order valence-corrected chi connectivity index (χ4v) is 8.11. The standard InChI is InChI=1S/C32H63NO6.C15H28O/c1-3-4-5-6-7-12-21-30(28-29-19-17-20-29)31(34)39-27-16-11-9-14-24-33(25-18-22-32(35,36)37)23-13-8-10-15-26-38-2;1-2-3-4-5-6-7-9-15(13-16)12-14-10-8-11-14/h29-30,35-37H,3-28H2,1-2H3;13-15H,2-12H2,1H3. The summed E-state index contributed by atoms with van der Waals surface area (Å²) in [5, 5.41) is 27.5. The first-order chi connectivity index (χ1) is 26.7. The van der Waals surface area contributed by atoms with Crippen molar-refractivity contribution in [2.45, 2.75) is 225 Å². The van der Waals surface area contributed by atoms with E-state index in [2.05, 4.69) is 18.7 Å². The minimum Gasteiger partial charge on any atom is -0.465 e. The van der Waals surface area contributed by atoms with Crippen LogP contribution in [0.15, 0.2) is 0 Å². The van der Waals surface area contributed by atoms with E-state index < -0.39 is 5.97 Å². The van der Waals surface area contributed by atoms with Gasteiger partial charge in [0.1, 0.15) is 6.29 Å². The first-order valence-electron chi connectivity index (χ1n) is 23.7. The molecule has 0 spiro atoms. The van der Waals surface area contributed by atoms with Crippen LogP contribution >= 0.6 is 0 Å². The third-order valence-corrected chi connectivity index (χ3v) is 12.2. The number of unbranched alkanes of at least 4 members (excludes halogenated alkanes) is 16. The Morgan fingerprint density at radius 1 is 0.636 bits per heavy atom. The van der Waals surface area contributed by atoms with Gasteiger partial charge < -0.3 is 34.5 Å². The van der Waals surface area contributed by atoms with Gasteiger partial charge in [-0.3, -0.25) is 4.79 Å². The molecule has 0 aliphatic heterocycles. The molecular weight excluding hydrogens is 691 g/mol. The molecule has 2 saturated carbocycles. The highest BCUT2D eigenvalue weighted by Gasteiger charge is 2.27. The Morgan fingerprint density at radius 3 is 1.62 bits per heavy atom. The topological polar surface area (TPSA) is 117 Å². The second kappa shape index (κ2) is 36.1. The molecule has 2 fully saturated rings. The minimum absolute atomic E-state index is 0.0384. The summed E-state index contributed by atoms with van der Waals surface area (Å²) in [5.74, 6) is -0.444. The van der Waals surface area contributed by atoms with Crippen molar-refractivity contribution in [2.75, 3.05) is 40.0 Å². The molecule has 3 N–H and O–H groups in total. The molecule has 2 rings (SSSR count). The Morgan fingerprint density at radius 2 is 1.11 bits per heavy atom. The number of hydrogen-bond donors (Lipinski definition) is 3. The third kappa shape index (κ3) is 31.6. The number of ether oxygens (including phenoxy) is 2. The molecule has 0 radical (unpaired) electrons. The van der Waals surface area contributed by atoms with Gasteiger partial charge in [-0.1, -0.05) is 155 Å². The molecule has 2 aliphatic carbocycles. The van der Waals surface area contributed by atoms with Crippen LogP contribution in [0.4, 0.5) is 0 Å². The zero-order chi connectivity index (χ0) is 40.2. The zero-order valence-electron chi connectivity index (χ0n) is 36.5. The molecule has 0 heterocycles. The molecule has 0 bridgehead atoms. The van der Waals surface area contributed by atoms with Crippen molar-refractivity contribution in [3.05, 3.63) is 0 Å². The minimum atomic E-state index is -2.57. The van der Waals surface area contributed by atoms with Crippen molar-refractivity contribution < 1.29 is 34.4 Å². The van der Waals surface area contributed by atoms with E-state index in [4.69, 9.17) is 9.47 Å². The van der Waals surface area contributed by atoms with E-state index in [1.165, 1.54) is 122 Å². The van der Waals surface area contributed by atoms with Crippen molar-refractivity contribution in [2.24, 2.45) is 23.7 Å². The van der Waals surface area contributed by atoms with Crippen LogP contribution < -0.4 is 0 Å². The zero-order valence-corrected chi connectivity index (χ0v) is 36.5. The van der Waals surface area contributed by atoms with E-state index in [0.29, 0.717) is 18.9 Å². The fourth-order valence-electron chi connectivity index (χ4n) is 8.11. The lowest BCUT2D eigenvalue weighted by molar-refractivity contribution is -0.315. The van der Waals surface area contributed by atoms with Crippen LogP contribution in [0.3, 0.4) is 0 Å². The summed E-state index contributed by atoms with van der Waals surface area (Å²) in [7, 11) is 1.74. The molecule has 2 atom stereocenters. The number of aliphatic hydroxyl groups is 3. The van der Waals surface area contributed by atoms with Gasteiger partial charge in [0, 0.05) is 26.1 Å². The van der Waals surface area contributed by atoms with Crippen molar-refractivity contribution in [3.8, 4) is 0 Å². The van der Waals surface area contributed by atoms with Gasteiger partial charge in [0.25, 0.3) is 5.97 Å². The van der Waals surface area contributed by atoms with Crippen LogP contribution in [0.5, 0.6) is 0 Å². The second-order valence-corrected chi connectivity index (χ2v) is 17.5. The highest BCUT2D eigenvalue weighted by atomic mass is 16.7. The Labute approximate surface area is 339 Å². The number of hydrogen-bond acceptors (Lipinski definition) is 8. The second-order valence-electron chi connectivity index (χ2n) is 17.5. The number of methoxy groups -OCH3 is 1. The maximum absolute atomic E-state index is 12.8. The summed E-state index contributed by atoms with van der Waals surface area (Å²) in [6.45, 7) is 8.54. The first kappa shape index (κ1) is 52.0. The molecule has 2 aliphatic rings. The molecule has 8 heteroatoms. The molecular formula is C47H91NO7. The van der Waals surface area contributed by atoms with Gasteiger partial charge in [0.15, 0.2) is 0 Å². The van der Waals surface area contributed by atoms with Gasteiger partial charge in [0.05, 0.1) is 12.5 Å². The molecule has 0 aromatic heterocycles. The highest BCUT2D eigenvalue weighted by molar-refractivity contribution is 5.72. The summed E-state index contributed by atoms with van der Waals surface area (Å²) in [5.41, 5.74) is 0. The number of esters is 1. The lowest BCUT2D eigenvalue weighted by Gasteiger charge is -2.29. The van der Waals surface area contributed by atoms with Gasteiger partial charge in [-0.25, -0.2) is 0 Å². The van der Waals surface area contributed by atoms with E-state index in [9.17, 15) is 24.9 Å². The van der Waals surface area contributed by atoms with Gasteiger partial charge in [-0.15, -0.1) is 0 Å². The van der Waals surface area contributed by atoms with Crippen molar-refractivity contribution in [1.29, 1.82) is 0 Å². The monoisotopic (exact) mass is 782 g/mol. The van der Waals surface area contributed by atoms with E-state index in [1.54, 1.807) is 7.11 Å². The van der Waals surface area contributed by atoms with Gasteiger partial charge in [0.2, 0.25) is 0 Å². The predicted octanol–water partition coefficient (Wildman–Crippen LogP) is 11.3. The van der Waals surface area contributed by atoms with Crippen LogP contribution in [-0.2, 0) is 19.1 Å². The summed E-state index contributed by atoms with van der Waals surface area (Å²) in [6, 6.07) is 0. The van der Waals surface area contributed by atoms with Crippen molar-refractivity contribution in [1.82, 2.24) is 4.90 Å². The average molecular weight is 782 g/mol. The van der Waals surface area contributed by atoms with E-state index in [0.717, 1.165) is 115 Å². The van der Waals surface area contributed by atoms with Crippen LogP contribution in [0, 0.1) is 23.7 Å². The summed E-state index contributed by atoms with van der Waals surface area (Å²) in [4.78, 5) is 26.1. The maximum atomic E-state index is 12.8. The summed E-state index contributed by atoms with van der Waals surface area (Å²) < 4.78 is 10.9. The number of carbonyl (C=O) groups excluding carboxylic acids is 2. The molecule has 0 aromatic rings. The quantitative estimate of drug-likeness (QED) is 0.0245. The lowest BCUT2D eigenvalue weighted by Crippen LogP contribution is -2.31. The Hall–Kier alpha value is -1.06. The molecule has 55 heavy (non-hydrogen) atoms. The Kier molecular flexibility index (Phi) is 34.1. The third-order valence-electron chi connectivity index (χ3n) is 12.2. The molecule has 8 nitrogen and oxygen atoms in total. The fraction of sp³-hybridized carbons (Fsp3) is 0.957. The van der Waals surface area contributed by atoms with Gasteiger partial charge >= 0.3 is 5.97 Å². The van der Waals surface area contributed by atoms with Crippen LogP contribution in [0.1, 0.15) is 219 Å². The van der Waals surface area contributed by atoms with Gasteiger partial charge in [-0.2, -0.15) is 0 Å². The average Bonchev–Trinajstić information content (AvgIpc) is 3.12. The largest absolute Gasteiger partial charge is 0.465 e. The van der Waals surface area contributed by atoms with Crippen LogP contribution in [0.25, 0.3) is 0 Å². The van der Waals surface area contributed by atoms with Crippen molar-refractivity contribution >= 4 is 12.3 Å². The Balaban J connectivity index is 0.000000783. The van der Waals surface area contributed by atoms with E-state index in [-0.39, 0.29) is 18.3 Å². The summed E-state index contributed by atoms with van der Waals surface area (Å²) in [6.07, 6.45) is 38.4. The maximum Gasteiger partial charge on any atom is 0.308 e. The molecule has 0 amide bonds. The first-order valence-corrected chi connectivity index (χ1v) is 23.7. The molecule has 326 valence electrons.